The average molecular weight is 341 g/mol. The molecule has 1 fully saturated rings. The van der Waals surface area contributed by atoms with Gasteiger partial charge < -0.3 is 5.32 Å². The maximum atomic E-state index is 12.0. The molecule has 122 valence electrons. The molecule has 2 atom stereocenters. The minimum atomic E-state index is -2.86. The van der Waals surface area contributed by atoms with Crippen LogP contribution < -0.4 is 5.32 Å². The van der Waals surface area contributed by atoms with Gasteiger partial charge in [0.25, 0.3) is 0 Å². The van der Waals surface area contributed by atoms with Gasteiger partial charge in [0.1, 0.15) is 0 Å². The van der Waals surface area contributed by atoms with Gasteiger partial charge in [0.15, 0.2) is 9.84 Å². The molecule has 0 aliphatic carbocycles. The Morgan fingerprint density at radius 3 is 2.77 bits per heavy atom. The molecular weight excluding hydrogens is 318 g/mol. The minimum Gasteiger partial charge on any atom is -0.353 e. The lowest BCUT2D eigenvalue weighted by atomic mass is 10.0. The van der Waals surface area contributed by atoms with E-state index in [0.29, 0.717) is 12.2 Å². The lowest BCUT2D eigenvalue weighted by molar-refractivity contribution is -0.119. The maximum Gasteiger partial charge on any atom is 0.230 e. The van der Waals surface area contributed by atoms with Gasteiger partial charge in [-0.25, -0.2) is 8.42 Å². The first kappa shape index (κ1) is 17.3. The van der Waals surface area contributed by atoms with Gasteiger partial charge in [0, 0.05) is 11.3 Å². The van der Waals surface area contributed by atoms with Crippen LogP contribution in [-0.2, 0) is 21.1 Å². The molecule has 1 aliphatic rings. The van der Waals surface area contributed by atoms with Crippen molar-refractivity contribution in [2.24, 2.45) is 0 Å². The Balaban J connectivity index is 1.74. The molecule has 0 bridgehead atoms. The molecule has 1 aliphatic heterocycles. The predicted molar refractivity (Wildman–Crippen MR) is 92.0 cm³/mol. The number of carbonyl (C=O) groups is 1. The molecule has 1 amide bonds. The Kier molecular flexibility index (Phi) is 5.92. The van der Waals surface area contributed by atoms with Crippen LogP contribution in [0.4, 0.5) is 0 Å². The van der Waals surface area contributed by atoms with E-state index >= 15 is 0 Å². The van der Waals surface area contributed by atoms with Crippen LogP contribution in [-0.4, -0.2) is 42.9 Å². The zero-order chi connectivity index (χ0) is 16.2. The fourth-order valence-electron chi connectivity index (χ4n) is 2.62. The molecule has 22 heavy (non-hydrogen) atoms. The van der Waals surface area contributed by atoms with Crippen molar-refractivity contribution in [1.29, 1.82) is 0 Å². The van der Waals surface area contributed by atoms with Crippen molar-refractivity contribution >= 4 is 27.5 Å². The molecule has 2 rings (SSSR count). The number of hydrogen-bond donors (Lipinski definition) is 1. The van der Waals surface area contributed by atoms with E-state index in [1.807, 2.05) is 19.1 Å². The highest BCUT2D eigenvalue weighted by Crippen LogP contribution is 2.24. The fraction of sp³-hybridized carbons (Fsp3) is 0.562. The summed E-state index contributed by atoms with van der Waals surface area (Å²) < 4.78 is 22.8. The van der Waals surface area contributed by atoms with Gasteiger partial charge >= 0.3 is 0 Å². The van der Waals surface area contributed by atoms with Gasteiger partial charge in [-0.15, -0.1) is 11.8 Å². The Bertz CT molecular complexity index is 628. The summed E-state index contributed by atoms with van der Waals surface area (Å²) in [5.41, 5.74) is 2.47. The van der Waals surface area contributed by atoms with Crippen LogP contribution in [0.2, 0.25) is 0 Å². The summed E-state index contributed by atoms with van der Waals surface area (Å²) in [5, 5.41) is 3.06. The Morgan fingerprint density at radius 2 is 2.14 bits per heavy atom. The molecule has 0 spiro atoms. The first-order valence-corrected chi connectivity index (χ1v) is 10.4. The lowest BCUT2D eigenvalue weighted by Gasteiger charge is -2.16. The molecule has 1 saturated heterocycles. The van der Waals surface area contributed by atoms with E-state index in [1.165, 1.54) is 22.9 Å². The third-order valence-electron chi connectivity index (χ3n) is 3.84. The summed E-state index contributed by atoms with van der Waals surface area (Å²) >= 11 is 1.45. The van der Waals surface area contributed by atoms with Crippen LogP contribution in [0.15, 0.2) is 24.3 Å². The van der Waals surface area contributed by atoms with Crippen LogP contribution in [0.3, 0.4) is 0 Å². The van der Waals surface area contributed by atoms with E-state index in [2.05, 4.69) is 24.4 Å². The van der Waals surface area contributed by atoms with Crippen LogP contribution in [0.1, 0.15) is 24.5 Å². The van der Waals surface area contributed by atoms with E-state index in [0.717, 1.165) is 6.42 Å². The molecule has 1 aromatic rings. The van der Waals surface area contributed by atoms with Gasteiger partial charge in [-0.3, -0.25) is 4.79 Å². The van der Waals surface area contributed by atoms with Crippen LogP contribution in [0.5, 0.6) is 0 Å². The van der Waals surface area contributed by atoms with Crippen LogP contribution in [0, 0.1) is 6.92 Å². The molecule has 1 N–H and O–H groups in total. The van der Waals surface area contributed by atoms with Crippen molar-refractivity contribution in [2.75, 3.05) is 17.3 Å². The molecule has 0 radical (unpaired) electrons. The number of hydrogen-bond acceptors (Lipinski definition) is 4. The molecule has 1 aromatic carbocycles. The highest BCUT2D eigenvalue weighted by atomic mass is 32.2. The summed E-state index contributed by atoms with van der Waals surface area (Å²) in [5.74, 6) is 0.785. The number of carbonyl (C=O) groups excluding carboxylic acids is 1. The van der Waals surface area contributed by atoms with Crippen molar-refractivity contribution < 1.29 is 13.2 Å². The summed E-state index contributed by atoms with van der Waals surface area (Å²) in [7, 11) is -2.86. The molecule has 0 aromatic heterocycles. The highest BCUT2D eigenvalue weighted by Gasteiger charge is 2.28. The van der Waals surface area contributed by atoms with Crippen molar-refractivity contribution in [1.82, 2.24) is 5.32 Å². The van der Waals surface area contributed by atoms with E-state index in [4.69, 9.17) is 0 Å². The number of aryl methyl sites for hydroxylation is 1. The second-order valence-electron chi connectivity index (χ2n) is 5.94. The maximum absolute atomic E-state index is 12.0. The summed E-state index contributed by atoms with van der Waals surface area (Å²) in [6, 6.07) is 8.24. The quantitative estimate of drug-likeness (QED) is 0.859. The molecule has 6 heteroatoms. The number of sulfone groups is 1. The van der Waals surface area contributed by atoms with Crippen molar-refractivity contribution in [3.63, 3.8) is 0 Å². The first-order chi connectivity index (χ1) is 10.4. The topological polar surface area (TPSA) is 63.2 Å². The summed E-state index contributed by atoms with van der Waals surface area (Å²) in [6.07, 6.45) is 1.47. The van der Waals surface area contributed by atoms with Gasteiger partial charge in [0.05, 0.1) is 17.3 Å². The lowest BCUT2D eigenvalue weighted by Crippen LogP contribution is -2.35. The molecule has 1 heterocycles. The molecular formula is C16H23NO3S2. The second kappa shape index (κ2) is 7.51. The number of thioether (sulfide) groups is 1. The Hall–Kier alpha value is -1.01. The third kappa shape index (κ3) is 5.32. The van der Waals surface area contributed by atoms with Crippen LogP contribution >= 0.6 is 11.8 Å². The van der Waals surface area contributed by atoms with E-state index in [1.54, 1.807) is 0 Å². The fourth-order valence-corrected chi connectivity index (χ4v) is 6.08. The van der Waals surface area contributed by atoms with Crippen LogP contribution in [0.25, 0.3) is 0 Å². The third-order valence-corrected chi connectivity index (χ3v) is 7.12. The predicted octanol–water partition coefficient (Wildman–Crippen LogP) is 1.96. The molecule has 0 saturated carbocycles. The first-order valence-electron chi connectivity index (χ1n) is 7.51. The van der Waals surface area contributed by atoms with Gasteiger partial charge in [-0.1, -0.05) is 24.3 Å². The van der Waals surface area contributed by atoms with E-state index in [9.17, 15) is 13.2 Å². The van der Waals surface area contributed by atoms with E-state index in [-0.39, 0.29) is 28.7 Å². The zero-order valence-electron chi connectivity index (χ0n) is 13.0. The summed E-state index contributed by atoms with van der Waals surface area (Å²) in [4.78, 5) is 12.0. The Morgan fingerprint density at radius 1 is 1.41 bits per heavy atom. The summed E-state index contributed by atoms with van der Waals surface area (Å²) in [6.45, 7) is 4.06. The highest BCUT2D eigenvalue weighted by molar-refractivity contribution is 8.02. The van der Waals surface area contributed by atoms with Crippen molar-refractivity contribution in [3.8, 4) is 0 Å². The Labute approximate surface area is 137 Å². The monoisotopic (exact) mass is 341 g/mol. The average Bonchev–Trinajstić information content (AvgIpc) is 2.78. The second-order valence-corrected chi connectivity index (χ2v) is 9.45. The number of rotatable bonds is 6. The van der Waals surface area contributed by atoms with Gasteiger partial charge in [-0.2, -0.15) is 0 Å². The zero-order valence-corrected chi connectivity index (χ0v) is 14.7. The molecule has 2 unspecified atom stereocenters. The SMILES string of the molecule is Cc1ccccc1CC(C)NC(=O)CSC1CCS(=O)(=O)C1. The van der Waals surface area contributed by atoms with Gasteiger partial charge in [-0.05, 0) is 37.8 Å². The number of amides is 1. The molecule has 4 nitrogen and oxygen atoms in total. The smallest absolute Gasteiger partial charge is 0.230 e. The standard InChI is InChI=1S/C16H23NO3S2/c1-12-5-3-4-6-14(12)9-13(2)17-16(18)10-21-15-7-8-22(19,20)11-15/h3-6,13,15H,7-11H2,1-2H3,(H,17,18). The number of benzene rings is 1. The number of nitrogens with one attached hydrogen (secondary N) is 1. The van der Waals surface area contributed by atoms with E-state index < -0.39 is 9.84 Å². The minimum absolute atomic E-state index is 0.0182. The van der Waals surface area contributed by atoms with Crippen molar-refractivity contribution in [2.45, 2.75) is 38.0 Å². The normalized spacial score (nSPS) is 21.5. The van der Waals surface area contributed by atoms with Gasteiger partial charge in [0.2, 0.25) is 5.91 Å². The van der Waals surface area contributed by atoms with Crippen molar-refractivity contribution in [3.05, 3.63) is 35.4 Å². The largest absolute Gasteiger partial charge is 0.353 e.